The predicted octanol–water partition coefficient (Wildman–Crippen LogP) is 2.07. The molecule has 1 amide bonds. The second-order valence-electron chi connectivity index (χ2n) is 11.7. The normalized spacial score (nSPS) is 15.6. The number of hydrogen-bond donors (Lipinski definition) is 3. The number of aliphatic hydroxyl groups is 1. The van der Waals surface area contributed by atoms with Crippen LogP contribution >= 0.6 is 0 Å². The van der Waals surface area contributed by atoms with Crippen LogP contribution in [-0.2, 0) is 30.0 Å². The van der Waals surface area contributed by atoms with E-state index >= 15 is 0 Å². The molecule has 5 rings (SSSR count). The Balaban J connectivity index is 1.12. The first kappa shape index (κ1) is 33.1. The van der Waals surface area contributed by atoms with Crippen molar-refractivity contribution in [3.63, 3.8) is 0 Å². The Bertz CT molecular complexity index is 1620. The number of hydrogen-bond acceptors (Lipinski definition) is 9. The molecular formula is C31H39F2N9O4. The summed E-state index contributed by atoms with van der Waals surface area (Å²) in [5, 5.41) is 28.5. The van der Waals surface area contributed by atoms with Gasteiger partial charge in [-0.25, -0.2) is 38.0 Å². The van der Waals surface area contributed by atoms with Crippen LogP contribution in [0.3, 0.4) is 0 Å². The average molecular weight is 640 g/mol. The van der Waals surface area contributed by atoms with Gasteiger partial charge in [-0.15, -0.1) is 0 Å². The lowest BCUT2D eigenvalue weighted by atomic mass is 9.92. The Kier molecular flexibility index (Phi) is 11.0. The number of rotatable bonds is 15. The molecule has 0 saturated carbocycles. The van der Waals surface area contributed by atoms with Gasteiger partial charge < -0.3 is 5.11 Å². The maximum absolute atomic E-state index is 14.8. The maximum Gasteiger partial charge on any atom is 0.350 e. The Labute approximate surface area is 264 Å². The van der Waals surface area contributed by atoms with Gasteiger partial charge in [0.2, 0.25) is 5.91 Å². The fraction of sp³-hybridized carbons (Fsp3) is 0.452. The first-order chi connectivity index (χ1) is 22.2. The highest BCUT2D eigenvalue weighted by Gasteiger charge is 2.36. The zero-order valence-corrected chi connectivity index (χ0v) is 25.5. The summed E-state index contributed by atoms with van der Waals surface area (Å²) >= 11 is 0. The highest BCUT2D eigenvalue weighted by molar-refractivity contribution is 5.74. The van der Waals surface area contributed by atoms with E-state index in [1.165, 1.54) is 39.0 Å². The van der Waals surface area contributed by atoms with Crippen LogP contribution < -0.4 is 11.2 Å². The van der Waals surface area contributed by atoms with Crippen LogP contribution in [0, 0.1) is 11.6 Å². The number of piperazine rings is 1. The van der Waals surface area contributed by atoms with E-state index in [0.717, 1.165) is 55.7 Å². The molecule has 1 fully saturated rings. The molecule has 13 nitrogen and oxygen atoms in total. The van der Waals surface area contributed by atoms with E-state index in [9.17, 15) is 23.5 Å². The van der Waals surface area contributed by atoms with Gasteiger partial charge >= 0.3 is 5.69 Å². The van der Waals surface area contributed by atoms with Crippen molar-refractivity contribution < 1.29 is 23.9 Å². The van der Waals surface area contributed by atoms with Gasteiger partial charge in [-0.2, -0.15) is 10.2 Å². The number of nitrogens with zero attached hydrogens (tertiary/aromatic N) is 8. The lowest BCUT2D eigenvalue weighted by molar-refractivity contribution is -0.129. The summed E-state index contributed by atoms with van der Waals surface area (Å²) in [6, 6.07) is 11.0. The smallest absolute Gasteiger partial charge is 0.350 e. The second kappa shape index (κ2) is 15.3. The minimum atomic E-state index is -1.64. The van der Waals surface area contributed by atoms with E-state index in [1.54, 1.807) is 5.48 Å². The van der Waals surface area contributed by atoms with E-state index in [4.69, 9.17) is 5.21 Å². The van der Waals surface area contributed by atoms with E-state index in [1.807, 2.05) is 24.3 Å². The van der Waals surface area contributed by atoms with Crippen molar-refractivity contribution in [1.29, 1.82) is 0 Å². The molecule has 3 N–H and O–H groups in total. The summed E-state index contributed by atoms with van der Waals surface area (Å²) < 4.78 is 32.8. The van der Waals surface area contributed by atoms with Crippen LogP contribution in [-0.4, -0.2) is 87.9 Å². The fourth-order valence-electron chi connectivity index (χ4n) is 5.79. The molecular weight excluding hydrogens is 600 g/mol. The number of aromatic nitrogens is 6. The van der Waals surface area contributed by atoms with Crippen molar-refractivity contribution in [1.82, 2.24) is 44.4 Å². The van der Waals surface area contributed by atoms with Gasteiger partial charge in [-0.05, 0) is 36.6 Å². The molecule has 1 unspecified atom stereocenters. The summed E-state index contributed by atoms with van der Waals surface area (Å²) in [5.74, 6) is -1.91. The SMILES string of the molecule is O=C(CCCCCCn1ncn(-c2ccc(CN3CCN(CC(O)(Cn4cncn4)c4ccc(F)cc4F)CC3)cc2)c1=O)NO. The van der Waals surface area contributed by atoms with Crippen molar-refractivity contribution in [2.24, 2.45) is 0 Å². The van der Waals surface area contributed by atoms with Gasteiger partial charge in [-0.1, -0.05) is 31.0 Å². The molecule has 0 radical (unpaired) electrons. The molecule has 1 aliphatic heterocycles. The van der Waals surface area contributed by atoms with Crippen molar-refractivity contribution >= 4 is 5.91 Å². The number of benzene rings is 2. The fourth-order valence-corrected chi connectivity index (χ4v) is 5.79. The summed E-state index contributed by atoms with van der Waals surface area (Å²) in [6.07, 6.45) is 7.68. The minimum absolute atomic E-state index is 0.0126. The molecule has 1 atom stereocenters. The summed E-state index contributed by atoms with van der Waals surface area (Å²) in [6.45, 7) is 4.06. The van der Waals surface area contributed by atoms with Crippen molar-refractivity contribution in [3.8, 4) is 5.69 Å². The van der Waals surface area contributed by atoms with Crippen LogP contribution in [0.25, 0.3) is 5.69 Å². The molecule has 1 saturated heterocycles. The molecule has 0 spiro atoms. The Morgan fingerprint density at radius 1 is 0.913 bits per heavy atom. The van der Waals surface area contributed by atoms with Gasteiger partial charge in [0.05, 0.1) is 12.2 Å². The standard InChI is InChI=1S/C31H39F2N9O4/c32-25-8-11-27(28(33)17-25)31(45,20-40-22-34-21-35-40)19-39-15-13-38(14-16-39)18-24-6-9-26(10-7-24)41-23-36-42(30(41)44)12-4-2-1-3-5-29(43)37-46/h6-11,17,21-23,45-46H,1-5,12-16,18-20H2,(H,37,43). The number of nitrogens with one attached hydrogen (secondary N) is 1. The molecule has 46 heavy (non-hydrogen) atoms. The minimum Gasteiger partial charge on any atom is -0.382 e. The molecule has 1 aliphatic rings. The number of hydroxylamine groups is 1. The van der Waals surface area contributed by atoms with Gasteiger partial charge in [0.15, 0.2) is 0 Å². The second-order valence-corrected chi connectivity index (χ2v) is 11.7. The molecule has 2 aromatic heterocycles. The lowest BCUT2D eigenvalue weighted by Gasteiger charge is -2.39. The predicted molar refractivity (Wildman–Crippen MR) is 163 cm³/mol. The topological polar surface area (TPSA) is 147 Å². The van der Waals surface area contributed by atoms with Crippen LogP contribution in [0.4, 0.5) is 8.78 Å². The van der Waals surface area contributed by atoms with Crippen LogP contribution in [0.1, 0.15) is 43.2 Å². The summed E-state index contributed by atoms with van der Waals surface area (Å²) in [5.41, 5.74) is 1.58. The summed E-state index contributed by atoms with van der Waals surface area (Å²) in [7, 11) is 0. The van der Waals surface area contributed by atoms with Crippen molar-refractivity contribution in [2.75, 3.05) is 32.7 Å². The maximum atomic E-state index is 14.8. The van der Waals surface area contributed by atoms with Gasteiger partial charge in [-0.3, -0.25) is 19.8 Å². The highest BCUT2D eigenvalue weighted by atomic mass is 19.1. The molecule has 4 aromatic rings. The monoisotopic (exact) mass is 639 g/mol. The summed E-state index contributed by atoms with van der Waals surface area (Å²) in [4.78, 5) is 32.2. The van der Waals surface area contributed by atoms with Crippen LogP contribution in [0.2, 0.25) is 0 Å². The molecule has 2 aromatic carbocycles. The Hall–Kier alpha value is -4.31. The number of amides is 1. The van der Waals surface area contributed by atoms with Crippen LogP contribution in [0.15, 0.2) is 66.2 Å². The number of β-amino-alcohol motifs (C(OH)–C–C–N with tert-alkyl or cyclic N) is 1. The van der Waals surface area contributed by atoms with Crippen LogP contribution in [0.5, 0.6) is 0 Å². The Morgan fingerprint density at radius 2 is 1.65 bits per heavy atom. The quantitative estimate of drug-likeness (QED) is 0.101. The van der Waals surface area contributed by atoms with E-state index in [0.29, 0.717) is 32.6 Å². The third-order valence-electron chi connectivity index (χ3n) is 8.28. The Morgan fingerprint density at radius 3 is 2.35 bits per heavy atom. The first-order valence-electron chi connectivity index (χ1n) is 15.4. The van der Waals surface area contributed by atoms with Crippen molar-refractivity contribution in [3.05, 3.63) is 94.7 Å². The third kappa shape index (κ3) is 8.48. The van der Waals surface area contributed by atoms with E-state index < -0.39 is 23.1 Å². The number of halogens is 2. The first-order valence-corrected chi connectivity index (χ1v) is 15.4. The van der Waals surface area contributed by atoms with Gasteiger partial charge in [0.25, 0.3) is 0 Å². The third-order valence-corrected chi connectivity index (χ3v) is 8.28. The van der Waals surface area contributed by atoms with E-state index in [2.05, 4.69) is 25.0 Å². The zero-order chi connectivity index (χ0) is 32.5. The molecule has 0 aliphatic carbocycles. The molecule has 246 valence electrons. The van der Waals surface area contributed by atoms with E-state index in [-0.39, 0.29) is 30.8 Å². The average Bonchev–Trinajstić information content (AvgIpc) is 3.69. The zero-order valence-electron chi connectivity index (χ0n) is 25.5. The number of carbonyl (C=O) groups excluding carboxylic acids is 1. The van der Waals surface area contributed by atoms with Crippen molar-refractivity contribution in [2.45, 2.75) is 57.3 Å². The number of aryl methyl sites for hydroxylation is 1. The number of unbranched alkanes of at least 4 members (excludes halogenated alkanes) is 3. The van der Waals surface area contributed by atoms with Gasteiger partial charge in [0.1, 0.15) is 36.2 Å². The van der Waals surface area contributed by atoms with Gasteiger partial charge in [0, 0.05) is 63.9 Å². The largest absolute Gasteiger partial charge is 0.382 e. The highest BCUT2D eigenvalue weighted by Crippen LogP contribution is 2.28. The molecule has 3 heterocycles. The molecule has 0 bridgehead atoms. The number of carbonyl (C=O) groups is 1. The molecule has 15 heteroatoms. The lowest BCUT2D eigenvalue weighted by Crippen LogP contribution is -2.52.